The van der Waals surface area contributed by atoms with Gasteiger partial charge in [-0.05, 0) is 66.5 Å². The summed E-state index contributed by atoms with van der Waals surface area (Å²) in [7, 11) is 1.26. The van der Waals surface area contributed by atoms with E-state index in [4.69, 9.17) is 18.6 Å². The minimum absolute atomic E-state index is 0.0482. The van der Waals surface area contributed by atoms with Crippen LogP contribution in [0.2, 0.25) is 0 Å². The molecule has 194 valence electrons. The smallest absolute Gasteiger partial charge is 0.343 e. The molecule has 0 amide bonds. The average Bonchev–Trinajstić information content (AvgIpc) is 3.40. The van der Waals surface area contributed by atoms with Crippen LogP contribution in [-0.4, -0.2) is 30.8 Å². The van der Waals surface area contributed by atoms with Gasteiger partial charge in [0.05, 0.1) is 37.0 Å². The summed E-state index contributed by atoms with van der Waals surface area (Å²) in [6.45, 7) is 3.71. The number of halogens is 1. The molecule has 2 heterocycles. The number of ketones is 1. The highest BCUT2D eigenvalue weighted by molar-refractivity contribution is 6.03. The largest absolute Gasteiger partial charge is 0.472 e. The number of cyclic esters (lactones) is 1. The summed E-state index contributed by atoms with van der Waals surface area (Å²) in [5.41, 5.74) is -1.08. The molecule has 5 rings (SSSR count). The number of esters is 3. The number of allylic oxidation sites excluding steroid dienone is 1. The number of ether oxygens (including phenoxy) is 3. The summed E-state index contributed by atoms with van der Waals surface area (Å²) in [5, 5.41) is 0. The average molecular weight is 511 g/mol. The van der Waals surface area contributed by atoms with E-state index in [9.17, 15) is 23.6 Å². The van der Waals surface area contributed by atoms with Gasteiger partial charge in [-0.1, -0.05) is 13.8 Å². The van der Waals surface area contributed by atoms with Crippen LogP contribution in [-0.2, 0) is 28.6 Å². The van der Waals surface area contributed by atoms with Gasteiger partial charge in [0.2, 0.25) is 5.78 Å². The monoisotopic (exact) mass is 510 g/mol. The van der Waals surface area contributed by atoms with Crippen molar-refractivity contribution in [1.82, 2.24) is 0 Å². The molecule has 0 bridgehead atoms. The lowest BCUT2D eigenvalue weighted by atomic mass is 9.44. The lowest BCUT2D eigenvalue weighted by Gasteiger charge is -2.59. The number of benzene rings is 1. The Bertz CT molecular complexity index is 1280. The number of rotatable bonds is 4. The Morgan fingerprint density at radius 1 is 1.08 bits per heavy atom. The van der Waals surface area contributed by atoms with E-state index in [0.29, 0.717) is 24.8 Å². The summed E-state index contributed by atoms with van der Waals surface area (Å²) in [6.07, 6.45) is 4.85. The Kier molecular flexibility index (Phi) is 6.04. The van der Waals surface area contributed by atoms with Crippen molar-refractivity contribution in [2.24, 2.45) is 28.6 Å². The van der Waals surface area contributed by atoms with Gasteiger partial charge >= 0.3 is 17.9 Å². The standard InChI is InChI=1S/C28H27FO8/c1-27-10-8-18-26(33)37-21(16-9-11-35-14-16)13-28(18,2)23(27)22(30)20(12-19(27)25(32)34-3)36-24(31)15-4-6-17(29)7-5-15/h4-7,9,11-12,14,18-19,21,23H,8,10,13H2,1-3H3/t18-,19-,21-,23-,27-,28-/m0/s1. The first-order valence-electron chi connectivity index (χ1n) is 12.1. The van der Waals surface area contributed by atoms with Gasteiger partial charge in [-0.2, -0.15) is 0 Å². The van der Waals surface area contributed by atoms with E-state index in [1.807, 2.05) is 13.8 Å². The van der Waals surface area contributed by atoms with Crippen molar-refractivity contribution in [3.05, 3.63) is 71.6 Å². The lowest BCUT2D eigenvalue weighted by Crippen LogP contribution is -2.61. The van der Waals surface area contributed by atoms with Crippen LogP contribution in [0, 0.1) is 34.4 Å². The molecule has 0 radical (unpaired) electrons. The lowest BCUT2D eigenvalue weighted by molar-refractivity contribution is -0.197. The predicted molar refractivity (Wildman–Crippen MR) is 125 cm³/mol. The highest BCUT2D eigenvalue weighted by atomic mass is 19.1. The number of furan rings is 1. The molecule has 0 N–H and O–H groups in total. The van der Waals surface area contributed by atoms with E-state index in [0.717, 1.165) is 12.1 Å². The highest BCUT2D eigenvalue weighted by Crippen LogP contribution is 2.64. The molecule has 0 spiro atoms. The van der Waals surface area contributed by atoms with E-state index in [1.165, 1.54) is 37.8 Å². The van der Waals surface area contributed by atoms with Crippen LogP contribution in [0.3, 0.4) is 0 Å². The summed E-state index contributed by atoms with van der Waals surface area (Å²) in [6, 6.07) is 6.42. The maximum absolute atomic E-state index is 14.1. The second-order valence-electron chi connectivity index (χ2n) is 10.5. The molecule has 9 heteroatoms. The summed E-state index contributed by atoms with van der Waals surface area (Å²) >= 11 is 0. The fourth-order valence-corrected chi connectivity index (χ4v) is 6.63. The Morgan fingerprint density at radius 2 is 1.81 bits per heavy atom. The maximum Gasteiger partial charge on any atom is 0.343 e. The zero-order valence-electron chi connectivity index (χ0n) is 20.7. The van der Waals surface area contributed by atoms with Crippen LogP contribution < -0.4 is 0 Å². The zero-order valence-corrected chi connectivity index (χ0v) is 20.7. The van der Waals surface area contributed by atoms with Gasteiger partial charge < -0.3 is 18.6 Å². The third-order valence-corrected chi connectivity index (χ3v) is 8.44. The predicted octanol–water partition coefficient (Wildman–Crippen LogP) is 4.56. The minimum atomic E-state index is -0.907. The van der Waals surface area contributed by atoms with Gasteiger partial charge in [0.25, 0.3) is 0 Å². The molecule has 1 aromatic heterocycles. The van der Waals surface area contributed by atoms with Crippen molar-refractivity contribution < 1.29 is 42.2 Å². The molecule has 0 unspecified atom stereocenters. The molecule has 2 fully saturated rings. The van der Waals surface area contributed by atoms with Crippen LogP contribution in [0.4, 0.5) is 4.39 Å². The van der Waals surface area contributed by atoms with Crippen molar-refractivity contribution >= 4 is 23.7 Å². The van der Waals surface area contributed by atoms with Gasteiger partial charge in [0, 0.05) is 11.5 Å². The summed E-state index contributed by atoms with van der Waals surface area (Å²) in [4.78, 5) is 53.1. The van der Waals surface area contributed by atoms with Crippen LogP contribution in [0.5, 0.6) is 0 Å². The zero-order chi connectivity index (χ0) is 26.5. The number of methoxy groups -OCH3 is 1. The third-order valence-electron chi connectivity index (χ3n) is 8.44. The second kappa shape index (κ2) is 8.97. The molecule has 2 aliphatic carbocycles. The van der Waals surface area contributed by atoms with Crippen LogP contribution in [0.25, 0.3) is 0 Å². The van der Waals surface area contributed by atoms with Gasteiger partial charge in [-0.3, -0.25) is 14.4 Å². The Morgan fingerprint density at radius 3 is 2.46 bits per heavy atom. The van der Waals surface area contributed by atoms with Gasteiger partial charge in [-0.15, -0.1) is 0 Å². The molecule has 1 saturated carbocycles. The fraction of sp³-hybridized carbons (Fsp3) is 0.429. The highest BCUT2D eigenvalue weighted by Gasteiger charge is 2.66. The van der Waals surface area contributed by atoms with Crippen molar-refractivity contribution in [2.75, 3.05) is 7.11 Å². The number of hydrogen-bond donors (Lipinski definition) is 0. The molecular weight excluding hydrogens is 483 g/mol. The summed E-state index contributed by atoms with van der Waals surface area (Å²) < 4.78 is 34.8. The van der Waals surface area contributed by atoms with Crippen LogP contribution >= 0.6 is 0 Å². The maximum atomic E-state index is 14.1. The normalized spacial score (nSPS) is 32.9. The van der Waals surface area contributed by atoms with Crippen molar-refractivity contribution in [1.29, 1.82) is 0 Å². The van der Waals surface area contributed by atoms with Crippen molar-refractivity contribution in [3.63, 3.8) is 0 Å². The molecule has 2 aromatic rings. The number of carbonyl (C=O) groups is 4. The first kappa shape index (κ1) is 24.9. The SMILES string of the molecule is COC(=O)[C@@H]1C=C(OC(=O)c2ccc(F)cc2)C(=O)[C@H]2[C@@]1(C)CC[C@H]1C(=O)O[C@H](c3ccoc3)C[C@]21C. The quantitative estimate of drug-likeness (QED) is 0.435. The molecule has 6 atom stereocenters. The van der Waals surface area contributed by atoms with E-state index in [2.05, 4.69) is 0 Å². The Hall–Kier alpha value is -3.75. The molecule has 1 saturated heterocycles. The number of fused-ring (bicyclic) bond motifs is 3. The number of carbonyl (C=O) groups excluding carboxylic acids is 4. The topological polar surface area (TPSA) is 109 Å². The Labute approximate surface area is 212 Å². The second-order valence-corrected chi connectivity index (χ2v) is 10.5. The van der Waals surface area contributed by atoms with Crippen molar-refractivity contribution in [2.45, 2.75) is 39.2 Å². The molecule has 8 nitrogen and oxygen atoms in total. The van der Waals surface area contributed by atoms with Gasteiger partial charge in [0.1, 0.15) is 11.9 Å². The molecular formula is C28H27FO8. The van der Waals surface area contributed by atoms with Gasteiger partial charge in [-0.25, -0.2) is 9.18 Å². The summed E-state index contributed by atoms with van der Waals surface area (Å²) in [5.74, 6) is -5.43. The molecule has 1 aliphatic heterocycles. The van der Waals surface area contributed by atoms with Gasteiger partial charge in [0.15, 0.2) is 5.76 Å². The molecule has 37 heavy (non-hydrogen) atoms. The fourth-order valence-electron chi connectivity index (χ4n) is 6.63. The molecule has 3 aliphatic rings. The number of hydrogen-bond acceptors (Lipinski definition) is 8. The van der Waals surface area contributed by atoms with E-state index in [-0.39, 0.29) is 11.3 Å². The molecule has 1 aromatic carbocycles. The number of Topliss-reactive ketones (excluding diaryl/α,β-unsaturated/α-hetero) is 1. The van der Waals surface area contributed by atoms with E-state index < -0.39 is 64.2 Å². The van der Waals surface area contributed by atoms with Crippen LogP contribution in [0.15, 0.2) is 59.1 Å². The van der Waals surface area contributed by atoms with Crippen molar-refractivity contribution in [3.8, 4) is 0 Å². The van der Waals surface area contributed by atoms with E-state index in [1.54, 1.807) is 6.07 Å². The minimum Gasteiger partial charge on any atom is -0.472 e. The van der Waals surface area contributed by atoms with Crippen LogP contribution in [0.1, 0.15) is 55.1 Å². The first-order chi connectivity index (χ1) is 17.6. The first-order valence-corrected chi connectivity index (χ1v) is 12.1. The van der Waals surface area contributed by atoms with E-state index >= 15 is 0 Å². The Balaban J connectivity index is 1.56. The third kappa shape index (κ3) is 3.97.